The summed E-state index contributed by atoms with van der Waals surface area (Å²) in [6.45, 7) is 7.11. The molecular weight excluding hydrogens is 232 g/mol. The highest BCUT2D eigenvalue weighted by Crippen LogP contribution is 2.24. The number of aryl methyl sites for hydroxylation is 1. The van der Waals surface area contributed by atoms with E-state index in [1.807, 2.05) is 23.1 Å². The van der Waals surface area contributed by atoms with Gasteiger partial charge in [0.2, 0.25) is 0 Å². The van der Waals surface area contributed by atoms with E-state index in [0.29, 0.717) is 0 Å². The minimum Gasteiger partial charge on any atom is -0.312 e. The number of aromatic nitrogens is 3. The fourth-order valence-corrected chi connectivity index (χ4v) is 2.57. The van der Waals surface area contributed by atoms with Gasteiger partial charge in [0.05, 0.1) is 5.69 Å². The van der Waals surface area contributed by atoms with Crippen molar-refractivity contribution in [3.05, 3.63) is 23.3 Å². The van der Waals surface area contributed by atoms with Crippen molar-refractivity contribution in [3.8, 4) is 10.7 Å². The maximum Gasteiger partial charge on any atom is 0.141 e. The molecule has 2 aromatic rings. The second-order valence-corrected chi connectivity index (χ2v) is 4.96. The first-order chi connectivity index (χ1) is 8.35. The Morgan fingerprint density at radius 2 is 2.29 bits per heavy atom. The van der Waals surface area contributed by atoms with Gasteiger partial charge in [-0.25, -0.2) is 4.98 Å². The Hall–Kier alpha value is -1.20. The molecule has 0 spiro atoms. The maximum atomic E-state index is 4.46. The minimum absolute atomic E-state index is 0.880. The van der Waals surface area contributed by atoms with Crippen LogP contribution in [0.5, 0.6) is 0 Å². The topological polar surface area (TPSA) is 42.7 Å². The van der Waals surface area contributed by atoms with Crippen molar-refractivity contribution in [2.45, 2.75) is 33.4 Å². The van der Waals surface area contributed by atoms with Gasteiger partial charge in [-0.3, -0.25) is 4.68 Å². The van der Waals surface area contributed by atoms with Crippen molar-refractivity contribution in [3.63, 3.8) is 0 Å². The molecule has 0 aliphatic carbocycles. The van der Waals surface area contributed by atoms with Crippen LogP contribution in [0.1, 0.15) is 25.1 Å². The van der Waals surface area contributed by atoms with E-state index in [1.165, 1.54) is 4.88 Å². The molecule has 2 rings (SSSR count). The summed E-state index contributed by atoms with van der Waals surface area (Å²) in [6.07, 6.45) is 4.94. The molecule has 2 heterocycles. The highest BCUT2D eigenvalue weighted by atomic mass is 32.1. The lowest BCUT2D eigenvalue weighted by Gasteiger charge is -2.00. The van der Waals surface area contributed by atoms with Crippen molar-refractivity contribution in [1.82, 2.24) is 20.1 Å². The Morgan fingerprint density at radius 1 is 1.41 bits per heavy atom. The number of thiazole rings is 1. The van der Waals surface area contributed by atoms with Gasteiger partial charge >= 0.3 is 0 Å². The molecule has 0 bridgehead atoms. The normalized spacial score (nSPS) is 10.9. The lowest BCUT2D eigenvalue weighted by atomic mass is 10.4. The molecule has 0 radical (unpaired) electrons. The molecule has 0 amide bonds. The molecule has 0 saturated carbocycles. The van der Waals surface area contributed by atoms with Gasteiger partial charge in [-0.1, -0.05) is 6.92 Å². The lowest BCUT2D eigenvalue weighted by Crippen LogP contribution is -2.12. The summed E-state index contributed by atoms with van der Waals surface area (Å²) < 4.78 is 1.97. The molecule has 4 nitrogen and oxygen atoms in total. The quantitative estimate of drug-likeness (QED) is 0.801. The number of hydrogen-bond acceptors (Lipinski definition) is 4. The van der Waals surface area contributed by atoms with E-state index >= 15 is 0 Å². The molecule has 0 aliphatic rings. The molecule has 0 fully saturated rings. The van der Waals surface area contributed by atoms with Crippen LogP contribution >= 0.6 is 11.3 Å². The van der Waals surface area contributed by atoms with Gasteiger partial charge in [0.15, 0.2) is 0 Å². The molecule has 17 heavy (non-hydrogen) atoms. The Morgan fingerprint density at radius 3 is 3.06 bits per heavy atom. The van der Waals surface area contributed by atoms with Gasteiger partial charge < -0.3 is 5.32 Å². The second-order valence-electron chi connectivity index (χ2n) is 3.84. The van der Waals surface area contributed by atoms with Crippen LogP contribution in [0.3, 0.4) is 0 Å². The molecule has 0 aliphatic heterocycles. The first-order valence-corrected chi connectivity index (χ1v) is 6.84. The lowest BCUT2D eigenvalue weighted by molar-refractivity contribution is 0.667. The van der Waals surface area contributed by atoms with Crippen LogP contribution in [-0.4, -0.2) is 21.3 Å². The van der Waals surface area contributed by atoms with Crippen LogP contribution in [0.2, 0.25) is 0 Å². The van der Waals surface area contributed by atoms with E-state index in [0.717, 1.165) is 36.8 Å². The van der Waals surface area contributed by atoms with Crippen LogP contribution < -0.4 is 5.32 Å². The average Bonchev–Trinajstić information content (AvgIpc) is 2.96. The SMILES string of the molecule is CCCNCc1cnc(-c2ccnn2CC)s1. The molecule has 0 saturated heterocycles. The molecule has 1 N–H and O–H groups in total. The predicted molar refractivity (Wildman–Crippen MR) is 71.0 cm³/mol. The zero-order chi connectivity index (χ0) is 12.1. The average molecular weight is 250 g/mol. The largest absolute Gasteiger partial charge is 0.312 e. The van der Waals surface area contributed by atoms with Crippen LogP contribution in [0.4, 0.5) is 0 Å². The third kappa shape index (κ3) is 2.92. The van der Waals surface area contributed by atoms with E-state index in [9.17, 15) is 0 Å². The van der Waals surface area contributed by atoms with Gasteiger partial charge in [-0.2, -0.15) is 5.10 Å². The van der Waals surface area contributed by atoms with Gasteiger partial charge in [0, 0.05) is 30.4 Å². The Kier molecular flexibility index (Phi) is 4.28. The summed E-state index contributed by atoms with van der Waals surface area (Å²) in [4.78, 5) is 5.74. The Balaban J connectivity index is 2.07. The standard InChI is InChI=1S/C12H18N4S/c1-3-6-13-8-10-9-14-12(17-10)11-5-7-15-16(11)4-2/h5,7,9,13H,3-4,6,8H2,1-2H3. The first kappa shape index (κ1) is 12.3. The van der Waals surface area contributed by atoms with Crippen LogP contribution in [0.15, 0.2) is 18.5 Å². The summed E-state index contributed by atoms with van der Waals surface area (Å²) in [7, 11) is 0. The van der Waals surface area contributed by atoms with E-state index < -0.39 is 0 Å². The van der Waals surface area contributed by atoms with Crippen LogP contribution in [0, 0.1) is 0 Å². The van der Waals surface area contributed by atoms with Crippen molar-refractivity contribution in [1.29, 1.82) is 0 Å². The first-order valence-electron chi connectivity index (χ1n) is 6.02. The smallest absolute Gasteiger partial charge is 0.141 e. The van der Waals surface area contributed by atoms with Crippen LogP contribution in [-0.2, 0) is 13.1 Å². The molecule has 0 unspecified atom stereocenters. The summed E-state index contributed by atoms with van der Waals surface area (Å²) >= 11 is 1.74. The van der Waals surface area contributed by atoms with E-state index in [-0.39, 0.29) is 0 Å². The molecular formula is C12H18N4S. The van der Waals surface area contributed by atoms with Gasteiger partial charge in [0.1, 0.15) is 5.01 Å². The zero-order valence-electron chi connectivity index (χ0n) is 10.3. The summed E-state index contributed by atoms with van der Waals surface area (Å²) in [5.41, 5.74) is 1.11. The fourth-order valence-electron chi connectivity index (χ4n) is 1.66. The van der Waals surface area contributed by atoms with E-state index in [1.54, 1.807) is 11.3 Å². The van der Waals surface area contributed by atoms with Gasteiger partial charge in [-0.05, 0) is 26.0 Å². The number of rotatable bonds is 6. The molecule has 2 aromatic heterocycles. The summed E-state index contributed by atoms with van der Waals surface area (Å²) in [6, 6.07) is 2.02. The van der Waals surface area contributed by atoms with Gasteiger partial charge in [-0.15, -0.1) is 11.3 Å². The summed E-state index contributed by atoms with van der Waals surface area (Å²) in [5, 5.41) is 8.70. The zero-order valence-corrected chi connectivity index (χ0v) is 11.1. The number of hydrogen-bond donors (Lipinski definition) is 1. The molecule has 0 aromatic carbocycles. The van der Waals surface area contributed by atoms with Gasteiger partial charge in [0.25, 0.3) is 0 Å². The third-order valence-electron chi connectivity index (χ3n) is 2.51. The van der Waals surface area contributed by atoms with Crippen molar-refractivity contribution in [2.75, 3.05) is 6.54 Å². The third-order valence-corrected chi connectivity index (χ3v) is 3.53. The number of nitrogens with one attached hydrogen (secondary N) is 1. The summed E-state index contributed by atoms with van der Waals surface area (Å²) in [5.74, 6) is 0. The van der Waals surface area contributed by atoms with Crippen molar-refractivity contribution in [2.24, 2.45) is 0 Å². The second kappa shape index (κ2) is 5.93. The van der Waals surface area contributed by atoms with Crippen LogP contribution in [0.25, 0.3) is 10.7 Å². The molecule has 5 heteroatoms. The monoisotopic (exact) mass is 250 g/mol. The highest BCUT2D eigenvalue weighted by Gasteiger charge is 2.08. The van der Waals surface area contributed by atoms with Crippen molar-refractivity contribution < 1.29 is 0 Å². The Labute approximate surface area is 106 Å². The fraction of sp³-hybridized carbons (Fsp3) is 0.500. The molecule has 0 atom stereocenters. The predicted octanol–water partition coefficient (Wildman–Crippen LogP) is 2.53. The molecule has 92 valence electrons. The number of nitrogens with zero attached hydrogens (tertiary/aromatic N) is 3. The highest BCUT2D eigenvalue weighted by molar-refractivity contribution is 7.15. The maximum absolute atomic E-state index is 4.46. The Bertz CT molecular complexity index is 461. The van der Waals surface area contributed by atoms with E-state index in [2.05, 4.69) is 29.2 Å². The van der Waals surface area contributed by atoms with E-state index in [4.69, 9.17) is 0 Å². The van der Waals surface area contributed by atoms with Crippen molar-refractivity contribution >= 4 is 11.3 Å². The minimum atomic E-state index is 0.880.